The highest BCUT2D eigenvalue weighted by atomic mass is 16.7. The van der Waals surface area contributed by atoms with Crippen LogP contribution in [0.4, 0.5) is 21.9 Å². The average molecular weight is 524 g/mol. The quantitative estimate of drug-likeness (QED) is 0.132. The number of benzene rings is 4. The lowest BCUT2D eigenvalue weighted by Gasteiger charge is -2.17. The molecule has 10 nitrogen and oxygen atoms in total. The van der Waals surface area contributed by atoms with Crippen LogP contribution in [0.1, 0.15) is 15.9 Å². The number of nitrogens with zero attached hydrogens (tertiary/aromatic N) is 2. The van der Waals surface area contributed by atoms with Crippen LogP contribution in [0, 0.1) is 0 Å². The molecule has 0 aliphatic carbocycles. The Morgan fingerprint density at radius 1 is 0.897 bits per heavy atom. The maximum Gasteiger partial charge on any atom is 0.511 e. The molecule has 1 heterocycles. The van der Waals surface area contributed by atoms with Crippen molar-refractivity contribution in [3.05, 3.63) is 102 Å². The van der Waals surface area contributed by atoms with E-state index >= 15 is 0 Å². The third kappa shape index (κ3) is 4.86. The van der Waals surface area contributed by atoms with Crippen molar-refractivity contribution in [3.8, 4) is 22.6 Å². The van der Waals surface area contributed by atoms with Crippen LogP contribution in [0.25, 0.3) is 11.1 Å². The van der Waals surface area contributed by atoms with Gasteiger partial charge in [0, 0.05) is 11.1 Å². The first kappa shape index (κ1) is 25.0. The molecule has 0 saturated carbocycles. The fourth-order valence-electron chi connectivity index (χ4n) is 4.26. The number of fused-ring (bicyclic) bond motifs is 1. The van der Waals surface area contributed by atoms with Crippen molar-refractivity contribution < 1.29 is 34.1 Å². The number of aromatic hydroxyl groups is 1. The second kappa shape index (κ2) is 10.4. The summed E-state index contributed by atoms with van der Waals surface area (Å²) in [5, 5.41) is 24.2. The number of carboxylic acid groups (broad SMARTS) is 1. The summed E-state index contributed by atoms with van der Waals surface area (Å²) in [6, 6.07) is 24.8. The lowest BCUT2D eigenvalue weighted by molar-refractivity contribution is -0.111. The number of amides is 1. The van der Waals surface area contributed by atoms with E-state index in [4.69, 9.17) is 14.6 Å². The van der Waals surface area contributed by atoms with Crippen LogP contribution in [0.3, 0.4) is 0 Å². The molecule has 0 saturated heterocycles. The predicted molar refractivity (Wildman–Crippen MR) is 144 cm³/mol. The van der Waals surface area contributed by atoms with Crippen molar-refractivity contribution in [1.29, 1.82) is 0 Å². The summed E-state index contributed by atoms with van der Waals surface area (Å²) in [4.78, 5) is 37.9. The van der Waals surface area contributed by atoms with E-state index in [1.807, 2.05) is 0 Å². The molecule has 3 N–H and O–H groups in total. The van der Waals surface area contributed by atoms with Gasteiger partial charge in [-0.25, -0.2) is 9.59 Å². The number of anilines is 3. The molecule has 0 aromatic heterocycles. The Morgan fingerprint density at radius 3 is 2.44 bits per heavy atom. The number of rotatable bonds is 6. The summed E-state index contributed by atoms with van der Waals surface area (Å²) < 4.78 is 9.51. The number of nitrogens with one attached hydrogen (secondary N) is 1. The van der Waals surface area contributed by atoms with E-state index in [1.54, 1.807) is 78.9 Å². The van der Waals surface area contributed by atoms with Crippen LogP contribution in [0.2, 0.25) is 0 Å². The third-order valence-electron chi connectivity index (χ3n) is 6.01. The summed E-state index contributed by atoms with van der Waals surface area (Å²) in [6.07, 6.45) is -1.45. The normalized spacial score (nSPS) is 13.2. The molecule has 39 heavy (non-hydrogen) atoms. The summed E-state index contributed by atoms with van der Waals surface area (Å²) in [6.45, 7) is 0. The second-order valence-electron chi connectivity index (χ2n) is 8.37. The van der Waals surface area contributed by atoms with Crippen molar-refractivity contribution >= 4 is 40.8 Å². The molecular weight excluding hydrogens is 502 g/mol. The molecule has 4 aromatic rings. The van der Waals surface area contributed by atoms with Crippen LogP contribution in [0.5, 0.6) is 11.5 Å². The Bertz CT molecular complexity index is 1650. The highest BCUT2D eigenvalue weighted by Gasteiger charge is 2.35. The molecule has 0 spiro atoms. The number of carbonyl (C=O) groups excluding carboxylic acids is 2. The van der Waals surface area contributed by atoms with Gasteiger partial charge in [0.1, 0.15) is 11.5 Å². The Hall–Kier alpha value is -5.64. The summed E-state index contributed by atoms with van der Waals surface area (Å²) >= 11 is 0. The van der Waals surface area contributed by atoms with E-state index in [0.29, 0.717) is 33.6 Å². The van der Waals surface area contributed by atoms with Gasteiger partial charge in [0.15, 0.2) is 5.71 Å². The van der Waals surface area contributed by atoms with Crippen LogP contribution < -0.4 is 15.1 Å². The lowest BCUT2D eigenvalue weighted by atomic mass is 10.0. The Labute approximate surface area is 222 Å². The fourth-order valence-corrected chi connectivity index (χ4v) is 4.26. The number of carbonyl (C=O) groups is 3. The van der Waals surface area contributed by atoms with Gasteiger partial charge in [-0.1, -0.05) is 48.5 Å². The molecule has 5 rings (SSSR count). The monoisotopic (exact) mass is 523 g/mol. The molecule has 194 valence electrons. The highest BCUT2D eigenvalue weighted by Crippen LogP contribution is 2.38. The first-order chi connectivity index (χ1) is 18.9. The number of hydrazone groups is 1. The average Bonchev–Trinajstić information content (AvgIpc) is 3.22. The first-order valence-electron chi connectivity index (χ1n) is 11.7. The molecule has 1 aliphatic heterocycles. The van der Waals surface area contributed by atoms with Crippen LogP contribution in [-0.2, 0) is 9.53 Å². The standard InChI is InChI=1S/C29H21N3O7/c1-38-28(35)18-8-4-9-19(15-18)32-24-14-3-2-11-22(24)25(27(32)34)31-30-23-13-6-12-21(26(23)33)17-7-5-10-20(16-17)39-29(36)37/h2-16,30,33H,1H3,(H,36,37). The van der Waals surface area contributed by atoms with Crippen molar-refractivity contribution in [1.82, 2.24) is 0 Å². The molecule has 10 heteroatoms. The Kier molecular flexibility index (Phi) is 6.66. The van der Waals surface area contributed by atoms with E-state index in [9.17, 15) is 19.5 Å². The summed E-state index contributed by atoms with van der Waals surface area (Å²) in [5.74, 6) is -1.01. The Balaban J connectivity index is 1.48. The van der Waals surface area contributed by atoms with Crippen LogP contribution >= 0.6 is 0 Å². The number of ether oxygens (including phenoxy) is 2. The molecule has 1 amide bonds. The van der Waals surface area contributed by atoms with Gasteiger partial charge in [0.2, 0.25) is 0 Å². The maximum atomic E-state index is 13.5. The Morgan fingerprint density at radius 2 is 1.64 bits per heavy atom. The molecule has 1 aliphatic rings. The molecule has 0 fully saturated rings. The topological polar surface area (TPSA) is 138 Å². The van der Waals surface area contributed by atoms with Gasteiger partial charge in [-0.15, -0.1) is 0 Å². The number of hydrogen-bond acceptors (Lipinski definition) is 8. The zero-order valence-corrected chi connectivity index (χ0v) is 20.5. The van der Waals surface area contributed by atoms with Gasteiger partial charge in [0.05, 0.1) is 29.7 Å². The molecule has 0 atom stereocenters. The van der Waals surface area contributed by atoms with E-state index in [0.717, 1.165) is 0 Å². The number of esters is 1. The van der Waals surface area contributed by atoms with E-state index in [-0.39, 0.29) is 22.9 Å². The van der Waals surface area contributed by atoms with Gasteiger partial charge < -0.3 is 19.7 Å². The number of para-hydroxylation sites is 2. The minimum atomic E-state index is -1.45. The minimum Gasteiger partial charge on any atom is -0.505 e. The van der Waals surface area contributed by atoms with Crippen molar-refractivity contribution in [3.63, 3.8) is 0 Å². The van der Waals surface area contributed by atoms with Crippen LogP contribution in [-0.4, -0.2) is 41.1 Å². The fraction of sp³-hybridized carbons (Fsp3) is 0.0345. The lowest BCUT2D eigenvalue weighted by Crippen LogP contribution is -2.26. The van der Waals surface area contributed by atoms with Crippen LogP contribution in [0.15, 0.2) is 96.1 Å². The van der Waals surface area contributed by atoms with Gasteiger partial charge in [0.25, 0.3) is 5.91 Å². The molecule has 0 bridgehead atoms. The number of methoxy groups -OCH3 is 1. The SMILES string of the molecule is COC(=O)c1cccc(N2C(=O)C(=NNc3cccc(-c4cccc(OC(=O)O)c4)c3O)c3ccccc32)c1. The zero-order chi connectivity index (χ0) is 27.5. The summed E-state index contributed by atoms with van der Waals surface area (Å²) in [5.41, 5.74) is 5.93. The number of phenols is 1. The third-order valence-corrected chi connectivity index (χ3v) is 6.01. The van der Waals surface area contributed by atoms with E-state index in [2.05, 4.69) is 10.5 Å². The number of phenolic OH excluding ortho intramolecular Hbond substituents is 1. The molecule has 0 radical (unpaired) electrons. The van der Waals surface area contributed by atoms with E-state index < -0.39 is 18.0 Å². The zero-order valence-electron chi connectivity index (χ0n) is 20.5. The van der Waals surface area contributed by atoms with Gasteiger partial charge in [-0.2, -0.15) is 5.10 Å². The second-order valence-corrected chi connectivity index (χ2v) is 8.37. The van der Waals surface area contributed by atoms with E-state index in [1.165, 1.54) is 24.1 Å². The summed E-state index contributed by atoms with van der Waals surface area (Å²) in [7, 11) is 1.28. The molecule has 0 unspecified atom stereocenters. The largest absolute Gasteiger partial charge is 0.511 e. The molecular formula is C29H21N3O7. The number of hydrogen-bond donors (Lipinski definition) is 3. The van der Waals surface area contributed by atoms with Gasteiger partial charge >= 0.3 is 12.1 Å². The van der Waals surface area contributed by atoms with Crippen molar-refractivity contribution in [2.24, 2.45) is 5.10 Å². The highest BCUT2D eigenvalue weighted by molar-refractivity contribution is 6.55. The smallest absolute Gasteiger partial charge is 0.505 e. The first-order valence-corrected chi connectivity index (χ1v) is 11.7. The minimum absolute atomic E-state index is 0.0996. The van der Waals surface area contributed by atoms with Gasteiger partial charge in [-0.05, 0) is 48.0 Å². The van der Waals surface area contributed by atoms with Gasteiger partial charge in [-0.3, -0.25) is 15.1 Å². The molecule has 4 aromatic carbocycles. The predicted octanol–water partition coefficient (Wildman–Crippen LogP) is 5.40. The maximum absolute atomic E-state index is 13.5. The van der Waals surface area contributed by atoms with Crippen molar-refractivity contribution in [2.75, 3.05) is 17.4 Å². The van der Waals surface area contributed by atoms with Crippen molar-refractivity contribution in [2.45, 2.75) is 0 Å².